The molecule has 0 amide bonds. The molecule has 1 aliphatic heterocycles. The molecule has 2 atom stereocenters. The normalized spacial score (nSPS) is 27.3. The summed E-state index contributed by atoms with van der Waals surface area (Å²) in [7, 11) is 0. The zero-order valence-electron chi connectivity index (χ0n) is 13.9. The van der Waals surface area contributed by atoms with Gasteiger partial charge in [-0.05, 0) is 29.9 Å². The second kappa shape index (κ2) is 5.98. The van der Waals surface area contributed by atoms with E-state index in [2.05, 4.69) is 84.6 Å². The van der Waals surface area contributed by atoms with Crippen molar-refractivity contribution >= 4 is 0 Å². The highest BCUT2D eigenvalue weighted by molar-refractivity contribution is 5.33. The lowest BCUT2D eigenvalue weighted by atomic mass is 9.79. The zero-order chi connectivity index (χ0) is 15.7. The summed E-state index contributed by atoms with van der Waals surface area (Å²) in [6.07, 6.45) is 7.46. The molecule has 2 aliphatic rings. The van der Waals surface area contributed by atoms with Gasteiger partial charge < -0.3 is 0 Å². The highest BCUT2D eigenvalue weighted by Crippen LogP contribution is 2.48. The summed E-state index contributed by atoms with van der Waals surface area (Å²) in [6.45, 7) is 4.79. The smallest absolute Gasteiger partial charge is 0.0602 e. The van der Waals surface area contributed by atoms with E-state index in [4.69, 9.17) is 0 Å². The molecular weight excluding hydrogens is 278 g/mol. The van der Waals surface area contributed by atoms with E-state index < -0.39 is 0 Å². The second-order valence-corrected chi connectivity index (χ2v) is 7.23. The van der Waals surface area contributed by atoms with Crippen molar-refractivity contribution in [1.29, 1.82) is 0 Å². The van der Waals surface area contributed by atoms with Crippen LogP contribution in [0, 0.1) is 11.3 Å². The predicted octanol–water partition coefficient (Wildman–Crippen LogP) is 5.06. The third-order valence-corrected chi connectivity index (χ3v) is 5.81. The molecule has 0 bridgehead atoms. The van der Waals surface area contributed by atoms with Crippen LogP contribution in [0.4, 0.5) is 0 Å². The molecule has 4 rings (SSSR count). The van der Waals surface area contributed by atoms with Gasteiger partial charge in [0.1, 0.15) is 0 Å². The van der Waals surface area contributed by atoms with Gasteiger partial charge in [-0.15, -0.1) is 0 Å². The topological polar surface area (TPSA) is 3.24 Å². The first-order valence-electron chi connectivity index (χ1n) is 8.80. The lowest BCUT2D eigenvalue weighted by Crippen LogP contribution is -2.30. The van der Waals surface area contributed by atoms with Gasteiger partial charge in [-0.3, -0.25) is 4.90 Å². The van der Waals surface area contributed by atoms with Gasteiger partial charge in [0, 0.05) is 18.5 Å². The van der Waals surface area contributed by atoms with Crippen LogP contribution in [0.5, 0.6) is 0 Å². The Bertz CT molecular complexity index is 636. The van der Waals surface area contributed by atoms with Crippen molar-refractivity contribution < 1.29 is 0 Å². The number of nitrogens with zero attached hydrogens (tertiary/aromatic N) is 1. The van der Waals surface area contributed by atoms with E-state index in [0.717, 1.165) is 5.92 Å². The fraction of sp³-hybridized carbons (Fsp3) is 0.364. The maximum absolute atomic E-state index is 2.70. The molecule has 1 nitrogen and oxygen atoms in total. The van der Waals surface area contributed by atoms with Gasteiger partial charge in [-0.2, -0.15) is 0 Å². The quantitative estimate of drug-likeness (QED) is 0.716. The van der Waals surface area contributed by atoms with Gasteiger partial charge in [0.05, 0.1) is 6.04 Å². The molecule has 1 heterocycles. The Hall–Kier alpha value is -1.86. The molecule has 0 unspecified atom stereocenters. The Balaban J connectivity index is 1.71. The molecule has 118 valence electrons. The molecule has 0 aromatic heterocycles. The number of benzene rings is 2. The van der Waals surface area contributed by atoms with Gasteiger partial charge in [-0.1, -0.05) is 79.7 Å². The first-order chi connectivity index (χ1) is 11.3. The van der Waals surface area contributed by atoms with E-state index in [0.29, 0.717) is 11.5 Å². The molecule has 0 radical (unpaired) electrons. The number of rotatable bonds is 3. The third kappa shape index (κ3) is 2.64. The van der Waals surface area contributed by atoms with Crippen LogP contribution in [-0.2, 0) is 0 Å². The molecule has 1 aliphatic carbocycles. The molecule has 1 heteroatoms. The molecule has 2 aromatic rings. The minimum Gasteiger partial charge on any atom is -0.291 e. The first-order valence-corrected chi connectivity index (χ1v) is 8.80. The fourth-order valence-corrected chi connectivity index (χ4v) is 4.51. The van der Waals surface area contributed by atoms with Crippen LogP contribution in [0.15, 0.2) is 72.8 Å². The molecule has 2 aromatic carbocycles. The highest BCUT2D eigenvalue weighted by Gasteiger charge is 2.45. The Morgan fingerprint density at radius 2 is 1.57 bits per heavy atom. The van der Waals surface area contributed by atoms with E-state index in [1.807, 2.05) is 0 Å². The lowest BCUT2D eigenvalue weighted by molar-refractivity contribution is 0.249. The average Bonchev–Trinajstić information content (AvgIpc) is 3.18. The molecular formula is C22H25N. The van der Waals surface area contributed by atoms with Crippen molar-refractivity contribution in [2.24, 2.45) is 11.3 Å². The third-order valence-electron chi connectivity index (χ3n) is 5.81. The van der Waals surface area contributed by atoms with Crippen molar-refractivity contribution in [3.05, 3.63) is 83.9 Å². The van der Waals surface area contributed by atoms with Crippen LogP contribution in [0.3, 0.4) is 0 Å². The minimum absolute atomic E-state index is 0.369. The van der Waals surface area contributed by atoms with Crippen LogP contribution in [0.1, 0.15) is 36.9 Å². The summed E-state index contributed by atoms with van der Waals surface area (Å²) in [5.41, 5.74) is 3.22. The summed E-state index contributed by atoms with van der Waals surface area (Å²) in [4.78, 5) is 2.70. The molecule has 23 heavy (non-hydrogen) atoms. The van der Waals surface area contributed by atoms with Crippen molar-refractivity contribution in [3.8, 4) is 0 Å². The Morgan fingerprint density at radius 1 is 0.957 bits per heavy atom. The van der Waals surface area contributed by atoms with E-state index in [9.17, 15) is 0 Å². The van der Waals surface area contributed by atoms with Gasteiger partial charge in [0.2, 0.25) is 0 Å². The average molecular weight is 303 g/mol. The van der Waals surface area contributed by atoms with Crippen LogP contribution in [-0.4, -0.2) is 18.0 Å². The number of allylic oxidation sites excluding steroid dienone is 1. The van der Waals surface area contributed by atoms with Crippen molar-refractivity contribution in [1.82, 2.24) is 4.90 Å². The van der Waals surface area contributed by atoms with Crippen LogP contribution in [0.2, 0.25) is 0 Å². The van der Waals surface area contributed by atoms with E-state index in [1.165, 1.54) is 37.1 Å². The number of hydrogen-bond donors (Lipinski definition) is 0. The summed E-state index contributed by atoms with van der Waals surface area (Å²) in [6, 6.07) is 22.3. The summed E-state index contributed by atoms with van der Waals surface area (Å²) >= 11 is 0. The maximum Gasteiger partial charge on any atom is 0.0602 e. The summed E-state index contributed by atoms with van der Waals surface area (Å²) in [5.74, 6) is 0.733. The standard InChI is InChI=1S/C22H25N/c1-18-16-23(17-22(18)14-8-9-15-22)21(19-10-4-2-5-11-19)20-12-6-3-7-13-20/h2-8,10-14,18,21H,9,15-17H2,1H3/t18-,22+/m1/s1. The maximum atomic E-state index is 2.70. The van der Waals surface area contributed by atoms with Gasteiger partial charge in [-0.25, -0.2) is 0 Å². The number of likely N-dealkylation sites (tertiary alicyclic amines) is 1. The molecule has 0 saturated carbocycles. The monoisotopic (exact) mass is 303 g/mol. The van der Waals surface area contributed by atoms with Crippen molar-refractivity contribution in [2.75, 3.05) is 13.1 Å². The van der Waals surface area contributed by atoms with E-state index in [-0.39, 0.29) is 0 Å². The van der Waals surface area contributed by atoms with Crippen LogP contribution < -0.4 is 0 Å². The van der Waals surface area contributed by atoms with Crippen molar-refractivity contribution in [3.63, 3.8) is 0 Å². The zero-order valence-corrected chi connectivity index (χ0v) is 13.9. The Labute approximate surface area is 139 Å². The van der Waals surface area contributed by atoms with Crippen LogP contribution >= 0.6 is 0 Å². The molecule has 1 saturated heterocycles. The predicted molar refractivity (Wildman–Crippen MR) is 96.3 cm³/mol. The van der Waals surface area contributed by atoms with Crippen LogP contribution in [0.25, 0.3) is 0 Å². The molecule has 1 spiro atoms. The van der Waals surface area contributed by atoms with Gasteiger partial charge >= 0.3 is 0 Å². The SMILES string of the molecule is C[C@@H]1CN(C(c2ccccc2)c2ccccc2)C[C@@]12C=CCC2. The Morgan fingerprint density at radius 3 is 2.09 bits per heavy atom. The van der Waals surface area contributed by atoms with Gasteiger partial charge in [0.15, 0.2) is 0 Å². The van der Waals surface area contributed by atoms with E-state index in [1.54, 1.807) is 0 Å². The first kappa shape index (κ1) is 14.7. The summed E-state index contributed by atoms with van der Waals surface area (Å²) in [5, 5.41) is 0. The molecule has 0 N–H and O–H groups in total. The minimum atomic E-state index is 0.369. The Kier molecular flexibility index (Phi) is 3.82. The fourth-order valence-electron chi connectivity index (χ4n) is 4.51. The lowest BCUT2D eigenvalue weighted by Gasteiger charge is -2.30. The summed E-state index contributed by atoms with van der Waals surface area (Å²) < 4.78 is 0. The van der Waals surface area contributed by atoms with Crippen molar-refractivity contribution in [2.45, 2.75) is 25.8 Å². The molecule has 1 fully saturated rings. The second-order valence-electron chi connectivity index (χ2n) is 7.23. The van der Waals surface area contributed by atoms with Gasteiger partial charge in [0.25, 0.3) is 0 Å². The largest absolute Gasteiger partial charge is 0.291 e. The highest BCUT2D eigenvalue weighted by atomic mass is 15.2. The van der Waals surface area contributed by atoms with E-state index >= 15 is 0 Å². The number of hydrogen-bond acceptors (Lipinski definition) is 1.